The standard InChI is InChI=1S/C37H43N2.C3H8/c1-8-10-15-29(9-2)31-18-14-19-32(24-31)37-38(7)20-21-39(37)36-34(22-27(3)4)25-33(26-35(36)23-28(5)6)30-16-12-11-13-17-30;1-3-2/h8-21,24-28H,2,22-23H2,1,3-7H3;3H2,1-2H3/q+1;/b10-8-,29-15+;. The number of hydrogen-bond acceptors (Lipinski definition) is 0. The Labute approximate surface area is 255 Å². The maximum absolute atomic E-state index is 4.06. The Morgan fingerprint density at radius 1 is 0.833 bits per heavy atom. The highest BCUT2D eigenvalue weighted by Crippen LogP contribution is 2.34. The summed E-state index contributed by atoms with van der Waals surface area (Å²) in [6, 6.07) is 24.5. The van der Waals surface area contributed by atoms with Gasteiger partial charge in [0, 0.05) is 11.1 Å². The molecule has 2 nitrogen and oxygen atoms in total. The summed E-state index contributed by atoms with van der Waals surface area (Å²) in [6.07, 6.45) is 15.9. The van der Waals surface area contributed by atoms with Crippen LogP contribution in [0.5, 0.6) is 0 Å². The van der Waals surface area contributed by atoms with E-state index in [0.29, 0.717) is 11.8 Å². The van der Waals surface area contributed by atoms with Crippen molar-refractivity contribution >= 4 is 5.57 Å². The van der Waals surface area contributed by atoms with Crippen molar-refractivity contribution in [2.45, 2.75) is 67.7 Å². The van der Waals surface area contributed by atoms with Gasteiger partial charge in [0.1, 0.15) is 18.1 Å². The summed E-state index contributed by atoms with van der Waals surface area (Å²) in [5.41, 5.74) is 10.2. The molecule has 1 aromatic heterocycles. The first-order valence-electron chi connectivity index (χ1n) is 15.6. The molecule has 220 valence electrons. The summed E-state index contributed by atoms with van der Waals surface area (Å²) in [5.74, 6) is 2.27. The highest BCUT2D eigenvalue weighted by molar-refractivity contribution is 5.77. The number of imidazole rings is 1. The van der Waals surface area contributed by atoms with Crippen LogP contribution in [0.25, 0.3) is 33.8 Å². The van der Waals surface area contributed by atoms with Gasteiger partial charge in [0.15, 0.2) is 0 Å². The van der Waals surface area contributed by atoms with E-state index in [1.807, 2.05) is 19.1 Å². The van der Waals surface area contributed by atoms with Crippen molar-refractivity contribution in [2.24, 2.45) is 18.9 Å². The fourth-order valence-corrected chi connectivity index (χ4v) is 5.38. The molecule has 4 rings (SSSR count). The number of nitrogens with zero attached hydrogens (tertiary/aromatic N) is 2. The van der Waals surface area contributed by atoms with Gasteiger partial charge in [0.05, 0.1) is 12.6 Å². The molecule has 0 N–H and O–H groups in total. The molecule has 0 radical (unpaired) electrons. The van der Waals surface area contributed by atoms with Crippen LogP contribution in [-0.4, -0.2) is 4.57 Å². The summed E-state index contributed by atoms with van der Waals surface area (Å²) >= 11 is 0. The van der Waals surface area contributed by atoms with Gasteiger partial charge in [-0.3, -0.25) is 0 Å². The van der Waals surface area contributed by atoms with E-state index in [9.17, 15) is 0 Å². The highest BCUT2D eigenvalue weighted by atomic mass is 15.1. The van der Waals surface area contributed by atoms with E-state index < -0.39 is 0 Å². The summed E-state index contributed by atoms with van der Waals surface area (Å²) in [6.45, 7) is 19.6. The predicted octanol–water partition coefficient (Wildman–Crippen LogP) is 10.6. The van der Waals surface area contributed by atoms with E-state index in [0.717, 1.165) is 24.0 Å². The number of rotatable bonds is 10. The number of aryl methyl sites for hydroxylation is 1. The Hall–Kier alpha value is -3.91. The minimum atomic E-state index is 0.546. The summed E-state index contributed by atoms with van der Waals surface area (Å²) in [7, 11) is 2.14. The van der Waals surface area contributed by atoms with Crippen LogP contribution in [0, 0.1) is 11.8 Å². The zero-order valence-electron chi connectivity index (χ0n) is 27.2. The van der Waals surface area contributed by atoms with Crippen molar-refractivity contribution in [1.82, 2.24) is 4.57 Å². The summed E-state index contributed by atoms with van der Waals surface area (Å²) < 4.78 is 4.67. The number of hydrogen-bond donors (Lipinski definition) is 0. The van der Waals surface area contributed by atoms with Crippen LogP contribution in [0.15, 0.2) is 110 Å². The molecule has 0 unspecified atom stereocenters. The Balaban J connectivity index is 0.00000155. The summed E-state index contributed by atoms with van der Waals surface area (Å²) in [4.78, 5) is 0. The minimum Gasteiger partial charge on any atom is -0.232 e. The highest BCUT2D eigenvalue weighted by Gasteiger charge is 2.26. The van der Waals surface area contributed by atoms with Crippen LogP contribution < -0.4 is 4.57 Å². The van der Waals surface area contributed by atoms with E-state index in [1.165, 1.54) is 45.7 Å². The molecular formula is C40H51N2+. The van der Waals surface area contributed by atoms with Gasteiger partial charge in [0.2, 0.25) is 0 Å². The minimum absolute atomic E-state index is 0.546. The van der Waals surface area contributed by atoms with Gasteiger partial charge in [-0.2, -0.15) is 4.57 Å². The zero-order valence-corrected chi connectivity index (χ0v) is 27.2. The second-order valence-electron chi connectivity index (χ2n) is 11.9. The van der Waals surface area contributed by atoms with Crippen molar-refractivity contribution in [3.05, 3.63) is 127 Å². The molecule has 3 aromatic carbocycles. The van der Waals surface area contributed by atoms with Gasteiger partial charge in [-0.15, -0.1) is 0 Å². The molecule has 0 saturated heterocycles. The normalized spacial score (nSPS) is 11.7. The van der Waals surface area contributed by atoms with Gasteiger partial charge < -0.3 is 0 Å². The third kappa shape index (κ3) is 8.32. The molecule has 4 aromatic rings. The lowest BCUT2D eigenvalue weighted by molar-refractivity contribution is -0.659. The van der Waals surface area contributed by atoms with Gasteiger partial charge in [-0.1, -0.05) is 121 Å². The molecule has 0 aliphatic rings. The first-order valence-corrected chi connectivity index (χ1v) is 15.6. The first kappa shape index (κ1) is 32.6. The summed E-state index contributed by atoms with van der Waals surface area (Å²) in [5, 5.41) is 0. The molecule has 42 heavy (non-hydrogen) atoms. The Morgan fingerprint density at radius 2 is 1.43 bits per heavy atom. The zero-order chi connectivity index (χ0) is 30.6. The molecular weight excluding hydrogens is 508 g/mol. The molecule has 0 amide bonds. The molecule has 0 spiro atoms. The van der Waals surface area contributed by atoms with Gasteiger partial charge >= 0.3 is 0 Å². The van der Waals surface area contributed by atoms with Crippen molar-refractivity contribution in [1.29, 1.82) is 0 Å². The topological polar surface area (TPSA) is 8.81 Å². The lowest BCUT2D eigenvalue weighted by atomic mass is 9.90. The van der Waals surface area contributed by atoms with Gasteiger partial charge in [-0.25, -0.2) is 4.57 Å². The van der Waals surface area contributed by atoms with Crippen LogP contribution in [0.4, 0.5) is 0 Å². The quantitative estimate of drug-likeness (QED) is 0.135. The van der Waals surface area contributed by atoms with Crippen molar-refractivity contribution in [3.63, 3.8) is 0 Å². The maximum Gasteiger partial charge on any atom is 0.293 e. The molecule has 1 heterocycles. The van der Waals surface area contributed by atoms with Crippen molar-refractivity contribution < 1.29 is 4.57 Å². The SMILES string of the molecule is C=C/C(=C\C=C/C)c1cccc(-c2n(-c3c(CC(C)C)cc(-c4ccccc4)cc3CC(C)C)cc[n+]2C)c1.CCC. The van der Waals surface area contributed by atoms with E-state index in [2.05, 4.69) is 156 Å². The van der Waals surface area contributed by atoms with Crippen LogP contribution in [0.1, 0.15) is 71.6 Å². The second kappa shape index (κ2) is 15.9. The second-order valence-corrected chi connectivity index (χ2v) is 11.9. The molecule has 0 fully saturated rings. The first-order chi connectivity index (χ1) is 20.2. The third-order valence-electron chi connectivity index (χ3n) is 7.02. The number of allylic oxidation sites excluding steroid dienone is 5. The van der Waals surface area contributed by atoms with Crippen molar-refractivity contribution in [2.75, 3.05) is 0 Å². The largest absolute Gasteiger partial charge is 0.293 e. The predicted molar refractivity (Wildman–Crippen MR) is 184 cm³/mol. The molecule has 0 saturated carbocycles. The fraction of sp³-hybridized carbons (Fsp3) is 0.325. The lowest BCUT2D eigenvalue weighted by Crippen LogP contribution is -2.29. The average Bonchev–Trinajstić information content (AvgIpc) is 3.34. The van der Waals surface area contributed by atoms with E-state index in [-0.39, 0.29) is 0 Å². The Bertz CT molecular complexity index is 1460. The van der Waals surface area contributed by atoms with Crippen LogP contribution >= 0.6 is 0 Å². The van der Waals surface area contributed by atoms with Crippen LogP contribution in [0.2, 0.25) is 0 Å². The Kier molecular flexibility index (Phi) is 12.4. The monoisotopic (exact) mass is 559 g/mol. The van der Waals surface area contributed by atoms with Crippen LogP contribution in [-0.2, 0) is 19.9 Å². The fourth-order valence-electron chi connectivity index (χ4n) is 5.38. The third-order valence-corrected chi connectivity index (χ3v) is 7.02. The number of aromatic nitrogens is 2. The number of benzene rings is 3. The molecule has 0 aliphatic heterocycles. The van der Waals surface area contributed by atoms with Gasteiger partial charge in [0.25, 0.3) is 5.82 Å². The molecule has 0 bridgehead atoms. The van der Waals surface area contributed by atoms with E-state index in [1.54, 1.807) is 0 Å². The van der Waals surface area contributed by atoms with Crippen LogP contribution in [0.3, 0.4) is 0 Å². The molecule has 0 aliphatic carbocycles. The Morgan fingerprint density at radius 3 is 1.98 bits per heavy atom. The molecule has 0 atom stereocenters. The average molecular weight is 560 g/mol. The van der Waals surface area contributed by atoms with E-state index >= 15 is 0 Å². The van der Waals surface area contributed by atoms with Crippen molar-refractivity contribution in [3.8, 4) is 28.2 Å². The lowest BCUT2D eigenvalue weighted by Gasteiger charge is -2.19. The molecule has 2 heteroatoms. The van der Waals surface area contributed by atoms with Gasteiger partial charge in [-0.05, 0) is 78.1 Å². The van der Waals surface area contributed by atoms with E-state index in [4.69, 9.17) is 0 Å². The smallest absolute Gasteiger partial charge is 0.232 e. The maximum atomic E-state index is 4.06.